The molecule has 0 aliphatic heterocycles. The number of thiophene rings is 1. The molecular formula is C33H20O2S. The van der Waals surface area contributed by atoms with Gasteiger partial charge in [0, 0.05) is 30.9 Å². The molecule has 0 fully saturated rings. The minimum atomic E-state index is 0.860. The van der Waals surface area contributed by atoms with E-state index in [9.17, 15) is 0 Å². The SMILES string of the molecule is COc1ccc(-c2cc3cc4sc5ccccc5c4cc3c3cc4oc5ccccc5c4cc23)cc1. The maximum atomic E-state index is 6.31. The molecule has 170 valence electrons. The Morgan fingerprint density at radius 3 is 2.19 bits per heavy atom. The van der Waals surface area contributed by atoms with Crippen LogP contribution in [0.4, 0.5) is 0 Å². The molecule has 0 aliphatic carbocycles. The van der Waals surface area contributed by atoms with Crippen molar-refractivity contribution in [2.75, 3.05) is 7.11 Å². The molecule has 0 amide bonds. The summed E-state index contributed by atoms with van der Waals surface area (Å²) >= 11 is 1.86. The van der Waals surface area contributed by atoms with Gasteiger partial charge in [-0.15, -0.1) is 11.3 Å². The second-order valence-electron chi connectivity index (χ2n) is 9.31. The molecule has 2 aromatic heterocycles. The first kappa shape index (κ1) is 19.9. The van der Waals surface area contributed by atoms with Crippen molar-refractivity contribution in [2.45, 2.75) is 0 Å². The molecule has 8 aromatic rings. The average molecular weight is 481 g/mol. The molecule has 0 spiro atoms. The van der Waals surface area contributed by atoms with E-state index in [0.29, 0.717) is 0 Å². The van der Waals surface area contributed by atoms with E-state index in [-0.39, 0.29) is 0 Å². The first-order valence-corrected chi connectivity index (χ1v) is 12.9. The number of ether oxygens (including phenoxy) is 1. The fourth-order valence-electron chi connectivity index (χ4n) is 5.60. The van der Waals surface area contributed by atoms with Crippen molar-refractivity contribution in [3.8, 4) is 16.9 Å². The summed E-state index contributed by atoms with van der Waals surface area (Å²) in [5.41, 5.74) is 4.23. The van der Waals surface area contributed by atoms with Gasteiger partial charge in [0.05, 0.1) is 7.11 Å². The zero-order chi connectivity index (χ0) is 23.8. The third-order valence-corrected chi connectivity index (χ3v) is 8.48. The van der Waals surface area contributed by atoms with E-state index >= 15 is 0 Å². The zero-order valence-electron chi connectivity index (χ0n) is 19.5. The van der Waals surface area contributed by atoms with Crippen LogP contribution in [-0.2, 0) is 0 Å². The number of para-hydroxylation sites is 1. The van der Waals surface area contributed by atoms with Crippen LogP contribution in [0.1, 0.15) is 0 Å². The van der Waals surface area contributed by atoms with Crippen LogP contribution in [0, 0.1) is 0 Å². The summed E-state index contributed by atoms with van der Waals surface area (Å²) < 4.78 is 14.4. The zero-order valence-corrected chi connectivity index (χ0v) is 20.4. The van der Waals surface area contributed by atoms with E-state index in [1.807, 2.05) is 35.6 Å². The Morgan fingerprint density at radius 2 is 1.33 bits per heavy atom. The lowest BCUT2D eigenvalue weighted by molar-refractivity contribution is 0.415. The summed E-state index contributed by atoms with van der Waals surface area (Å²) in [5.74, 6) is 0.860. The van der Waals surface area contributed by atoms with Crippen molar-refractivity contribution in [2.24, 2.45) is 0 Å². The number of hydrogen-bond donors (Lipinski definition) is 0. The third-order valence-electron chi connectivity index (χ3n) is 7.35. The molecule has 3 heteroatoms. The smallest absolute Gasteiger partial charge is 0.136 e. The molecule has 2 nitrogen and oxygen atoms in total. The van der Waals surface area contributed by atoms with Gasteiger partial charge < -0.3 is 9.15 Å². The number of furan rings is 1. The van der Waals surface area contributed by atoms with Gasteiger partial charge in [-0.1, -0.05) is 48.5 Å². The van der Waals surface area contributed by atoms with E-state index in [2.05, 4.69) is 78.9 Å². The number of benzene rings is 6. The van der Waals surface area contributed by atoms with Crippen molar-refractivity contribution in [1.29, 1.82) is 0 Å². The van der Waals surface area contributed by atoms with Crippen LogP contribution in [0.15, 0.2) is 108 Å². The first-order valence-electron chi connectivity index (χ1n) is 12.0. The van der Waals surface area contributed by atoms with Gasteiger partial charge in [-0.2, -0.15) is 0 Å². The molecule has 2 heterocycles. The predicted octanol–water partition coefficient (Wildman–Crippen LogP) is 9.94. The highest BCUT2D eigenvalue weighted by Crippen LogP contribution is 2.43. The van der Waals surface area contributed by atoms with Crippen LogP contribution in [0.3, 0.4) is 0 Å². The van der Waals surface area contributed by atoms with Crippen LogP contribution in [0.2, 0.25) is 0 Å². The third kappa shape index (κ3) is 2.78. The topological polar surface area (TPSA) is 22.4 Å². The van der Waals surface area contributed by atoms with E-state index in [1.54, 1.807) is 7.11 Å². The van der Waals surface area contributed by atoms with Crippen molar-refractivity contribution in [1.82, 2.24) is 0 Å². The summed E-state index contributed by atoms with van der Waals surface area (Å²) in [7, 11) is 1.71. The van der Waals surface area contributed by atoms with Crippen LogP contribution in [0.5, 0.6) is 5.75 Å². The van der Waals surface area contributed by atoms with Gasteiger partial charge in [0.2, 0.25) is 0 Å². The van der Waals surface area contributed by atoms with Gasteiger partial charge in [-0.05, 0) is 87.3 Å². The summed E-state index contributed by atoms with van der Waals surface area (Å²) in [6.07, 6.45) is 0. The van der Waals surface area contributed by atoms with Gasteiger partial charge in [0.25, 0.3) is 0 Å². The molecule has 0 saturated carbocycles. The Kier molecular flexibility index (Phi) is 4.05. The molecule has 0 bridgehead atoms. The quantitative estimate of drug-likeness (QED) is 0.230. The molecule has 36 heavy (non-hydrogen) atoms. The lowest BCUT2D eigenvalue weighted by Crippen LogP contribution is -1.87. The molecule has 0 saturated heterocycles. The predicted molar refractivity (Wildman–Crippen MR) is 154 cm³/mol. The molecule has 0 aliphatic rings. The van der Waals surface area contributed by atoms with Gasteiger partial charge in [0.1, 0.15) is 16.9 Å². The molecule has 0 radical (unpaired) electrons. The maximum absolute atomic E-state index is 6.31. The minimum absolute atomic E-state index is 0.860. The molecule has 0 N–H and O–H groups in total. The highest BCUT2D eigenvalue weighted by atomic mass is 32.1. The molecular weight excluding hydrogens is 460 g/mol. The van der Waals surface area contributed by atoms with Gasteiger partial charge in [-0.3, -0.25) is 0 Å². The highest BCUT2D eigenvalue weighted by Gasteiger charge is 2.16. The molecule has 0 unspecified atom stereocenters. The normalized spacial score (nSPS) is 12.0. The molecule has 0 atom stereocenters. The standard InChI is InChI=1S/C33H20O2S/c1-34-21-12-10-19(11-13-21)24-14-20-15-33-29(23-7-3-5-9-32(23)36-33)16-25(20)27-18-31-28(17-26(24)27)22-6-2-4-8-30(22)35-31/h2-18H,1H3. The van der Waals surface area contributed by atoms with E-state index in [1.165, 1.54) is 52.8 Å². The van der Waals surface area contributed by atoms with Gasteiger partial charge in [-0.25, -0.2) is 0 Å². The van der Waals surface area contributed by atoms with Gasteiger partial charge >= 0.3 is 0 Å². The summed E-state index contributed by atoms with van der Waals surface area (Å²) in [6.45, 7) is 0. The summed E-state index contributed by atoms with van der Waals surface area (Å²) in [6, 6.07) is 37.0. The van der Waals surface area contributed by atoms with E-state index < -0.39 is 0 Å². The highest BCUT2D eigenvalue weighted by molar-refractivity contribution is 7.25. The Morgan fingerprint density at radius 1 is 0.556 bits per heavy atom. The molecule has 8 rings (SSSR count). The fraction of sp³-hybridized carbons (Fsp3) is 0.0303. The molecule has 6 aromatic carbocycles. The van der Waals surface area contributed by atoms with Crippen LogP contribution in [-0.4, -0.2) is 7.11 Å². The number of hydrogen-bond acceptors (Lipinski definition) is 3. The number of rotatable bonds is 2. The lowest BCUT2D eigenvalue weighted by atomic mass is 9.91. The van der Waals surface area contributed by atoms with Crippen molar-refractivity contribution in [3.05, 3.63) is 103 Å². The van der Waals surface area contributed by atoms with Crippen LogP contribution < -0.4 is 4.74 Å². The fourth-order valence-corrected chi connectivity index (χ4v) is 6.74. The Bertz CT molecular complexity index is 2130. The van der Waals surface area contributed by atoms with Crippen molar-refractivity contribution in [3.63, 3.8) is 0 Å². The van der Waals surface area contributed by atoms with Crippen molar-refractivity contribution < 1.29 is 9.15 Å². The Balaban J connectivity index is 1.55. The Labute approximate surface area is 210 Å². The lowest BCUT2D eigenvalue weighted by Gasteiger charge is -2.12. The first-order chi connectivity index (χ1) is 17.8. The van der Waals surface area contributed by atoms with E-state index in [0.717, 1.165) is 27.7 Å². The largest absolute Gasteiger partial charge is 0.497 e. The van der Waals surface area contributed by atoms with Gasteiger partial charge in [0.15, 0.2) is 0 Å². The maximum Gasteiger partial charge on any atom is 0.136 e. The summed E-state index contributed by atoms with van der Waals surface area (Å²) in [4.78, 5) is 0. The summed E-state index contributed by atoms with van der Waals surface area (Å²) in [5, 5.41) is 9.85. The minimum Gasteiger partial charge on any atom is -0.497 e. The van der Waals surface area contributed by atoms with Crippen molar-refractivity contribution >= 4 is 75.0 Å². The monoisotopic (exact) mass is 480 g/mol. The van der Waals surface area contributed by atoms with Crippen LogP contribution in [0.25, 0.3) is 74.8 Å². The Hall–Kier alpha value is -4.34. The second-order valence-corrected chi connectivity index (χ2v) is 10.4. The average Bonchev–Trinajstić information content (AvgIpc) is 3.48. The van der Waals surface area contributed by atoms with E-state index in [4.69, 9.17) is 9.15 Å². The van der Waals surface area contributed by atoms with Crippen LogP contribution >= 0.6 is 11.3 Å². The number of fused-ring (bicyclic) bond motifs is 9. The second kappa shape index (κ2) is 7.33. The number of methoxy groups -OCH3 is 1.